The van der Waals surface area contributed by atoms with Crippen molar-refractivity contribution < 1.29 is 4.74 Å². The zero-order chi connectivity index (χ0) is 14.2. The van der Waals surface area contributed by atoms with Gasteiger partial charge >= 0.3 is 6.01 Å². The van der Waals surface area contributed by atoms with Crippen molar-refractivity contribution in [1.82, 2.24) is 15.0 Å². The van der Waals surface area contributed by atoms with Gasteiger partial charge in [-0.15, -0.1) is 0 Å². The van der Waals surface area contributed by atoms with Crippen molar-refractivity contribution >= 4 is 17.5 Å². The van der Waals surface area contributed by atoms with Crippen LogP contribution in [0.4, 0.5) is 5.95 Å². The van der Waals surface area contributed by atoms with Gasteiger partial charge in [-0.3, -0.25) is 0 Å². The van der Waals surface area contributed by atoms with Gasteiger partial charge in [0.2, 0.25) is 11.2 Å². The van der Waals surface area contributed by atoms with Crippen LogP contribution in [0.1, 0.15) is 58.3 Å². The minimum absolute atomic E-state index is 0.180. The molecule has 0 saturated heterocycles. The van der Waals surface area contributed by atoms with Crippen molar-refractivity contribution in [3.63, 3.8) is 0 Å². The molecule has 20 heavy (non-hydrogen) atoms. The summed E-state index contributed by atoms with van der Waals surface area (Å²) in [5, 5.41) is 3.56. The molecular formula is C14H23ClN4O. The molecule has 112 valence electrons. The minimum Gasteiger partial charge on any atom is -0.463 e. The lowest BCUT2D eigenvalue weighted by atomic mass is 9.97. The predicted molar refractivity (Wildman–Crippen MR) is 80.4 cm³/mol. The molecule has 6 heteroatoms. The van der Waals surface area contributed by atoms with Crippen LogP contribution in [-0.2, 0) is 0 Å². The van der Waals surface area contributed by atoms with Gasteiger partial charge in [0.25, 0.3) is 0 Å². The zero-order valence-corrected chi connectivity index (χ0v) is 12.8. The van der Waals surface area contributed by atoms with Crippen LogP contribution in [0, 0.1) is 0 Å². The molecule has 5 nitrogen and oxygen atoms in total. The van der Waals surface area contributed by atoms with Crippen LogP contribution in [0.15, 0.2) is 0 Å². The van der Waals surface area contributed by atoms with Gasteiger partial charge in [-0.2, -0.15) is 15.0 Å². The lowest BCUT2D eigenvalue weighted by molar-refractivity contribution is 0.291. The van der Waals surface area contributed by atoms with Crippen LogP contribution in [0.5, 0.6) is 6.01 Å². The van der Waals surface area contributed by atoms with Gasteiger partial charge in [0.15, 0.2) is 0 Å². The van der Waals surface area contributed by atoms with Gasteiger partial charge < -0.3 is 10.1 Å². The SMILES string of the molecule is CCCOc1nc(Cl)nc(NC2CCCCCCC2)n1. The molecule has 1 N–H and O–H groups in total. The van der Waals surface area contributed by atoms with Crippen molar-refractivity contribution in [1.29, 1.82) is 0 Å². The first-order valence-corrected chi connectivity index (χ1v) is 7.96. The summed E-state index contributed by atoms with van der Waals surface area (Å²) in [5.41, 5.74) is 0. The second kappa shape index (κ2) is 8.25. The summed E-state index contributed by atoms with van der Waals surface area (Å²) in [6.07, 6.45) is 9.75. The van der Waals surface area contributed by atoms with Gasteiger partial charge in [-0.1, -0.05) is 39.0 Å². The monoisotopic (exact) mass is 298 g/mol. The lowest BCUT2D eigenvalue weighted by Crippen LogP contribution is -2.22. The van der Waals surface area contributed by atoms with Gasteiger partial charge in [0.1, 0.15) is 0 Å². The highest BCUT2D eigenvalue weighted by Crippen LogP contribution is 2.20. The van der Waals surface area contributed by atoms with E-state index in [0.717, 1.165) is 19.3 Å². The molecule has 0 spiro atoms. The third kappa shape index (κ3) is 5.12. The number of aromatic nitrogens is 3. The van der Waals surface area contributed by atoms with E-state index in [1.54, 1.807) is 0 Å². The number of halogens is 1. The van der Waals surface area contributed by atoms with E-state index in [0.29, 0.717) is 24.6 Å². The quantitative estimate of drug-likeness (QED) is 0.895. The molecule has 0 aromatic carbocycles. The molecule has 1 fully saturated rings. The fraction of sp³-hybridized carbons (Fsp3) is 0.786. The average Bonchev–Trinajstić information content (AvgIpc) is 2.39. The molecule has 2 rings (SSSR count). The Hall–Kier alpha value is -1.10. The fourth-order valence-corrected chi connectivity index (χ4v) is 2.59. The number of nitrogens with one attached hydrogen (secondary N) is 1. The van der Waals surface area contributed by atoms with E-state index in [4.69, 9.17) is 16.3 Å². The van der Waals surface area contributed by atoms with Crippen LogP contribution >= 0.6 is 11.6 Å². The largest absolute Gasteiger partial charge is 0.463 e. The first-order valence-electron chi connectivity index (χ1n) is 7.59. The highest BCUT2D eigenvalue weighted by molar-refractivity contribution is 6.28. The Morgan fingerprint density at radius 2 is 1.80 bits per heavy atom. The molecule has 1 aromatic rings. The summed E-state index contributed by atoms with van der Waals surface area (Å²) < 4.78 is 5.42. The highest BCUT2D eigenvalue weighted by Gasteiger charge is 2.14. The average molecular weight is 299 g/mol. The van der Waals surface area contributed by atoms with Crippen molar-refractivity contribution in [2.45, 2.75) is 64.3 Å². The second-order valence-corrected chi connectivity index (χ2v) is 5.58. The molecule has 1 aliphatic carbocycles. The molecule has 0 unspecified atom stereocenters. The van der Waals surface area contributed by atoms with Crippen LogP contribution < -0.4 is 10.1 Å². The Kier molecular flexibility index (Phi) is 6.30. The molecule has 0 aliphatic heterocycles. The molecule has 0 bridgehead atoms. The van der Waals surface area contributed by atoms with Crippen molar-refractivity contribution in [3.05, 3.63) is 5.28 Å². The van der Waals surface area contributed by atoms with Crippen molar-refractivity contribution in [2.24, 2.45) is 0 Å². The molecule has 1 aliphatic rings. The summed E-state index contributed by atoms with van der Waals surface area (Å²) in [7, 11) is 0. The first-order chi connectivity index (χ1) is 9.78. The number of anilines is 1. The first kappa shape index (κ1) is 15.3. The number of rotatable bonds is 5. The predicted octanol–water partition coefficient (Wildman–Crippen LogP) is 3.84. The Morgan fingerprint density at radius 3 is 2.50 bits per heavy atom. The Labute approximate surface area is 125 Å². The Morgan fingerprint density at radius 1 is 1.10 bits per heavy atom. The second-order valence-electron chi connectivity index (χ2n) is 5.25. The number of ether oxygens (including phenoxy) is 1. The van der Waals surface area contributed by atoms with Gasteiger partial charge in [0.05, 0.1) is 6.61 Å². The number of hydrogen-bond acceptors (Lipinski definition) is 5. The number of nitrogens with zero attached hydrogens (tertiary/aromatic N) is 3. The molecule has 0 atom stereocenters. The normalized spacial score (nSPS) is 17.3. The van der Waals surface area contributed by atoms with Crippen molar-refractivity contribution in [2.75, 3.05) is 11.9 Å². The maximum absolute atomic E-state index is 5.92. The van der Waals surface area contributed by atoms with Crippen LogP contribution in [0.3, 0.4) is 0 Å². The minimum atomic E-state index is 0.180. The lowest BCUT2D eigenvalue weighted by Gasteiger charge is -2.21. The number of hydrogen-bond donors (Lipinski definition) is 1. The summed E-state index contributed by atoms with van der Waals surface area (Å²) >= 11 is 5.92. The fourth-order valence-electron chi connectivity index (χ4n) is 2.44. The van der Waals surface area contributed by atoms with Crippen LogP contribution in [-0.4, -0.2) is 27.6 Å². The Bertz CT molecular complexity index is 408. The third-order valence-corrected chi connectivity index (χ3v) is 3.63. The maximum Gasteiger partial charge on any atom is 0.322 e. The van der Waals surface area contributed by atoms with Gasteiger partial charge in [-0.25, -0.2) is 0 Å². The summed E-state index contributed by atoms with van der Waals surface area (Å²) in [5.74, 6) is 0.529. The van der Waals surface area contributed by atoms with E-state index in [9.17, 15) is 0 Å². The van der Waals surface area contributed by atoms with Crippen LogP contribution in [0.2, 0.25) is 5.28 Å². The molecule has 1 aromatic heterocycles. The topological polar surface area (TPSA) is 59.9 Å². The van der Waals surface area contributed by atoms with E-state index in [2.05, 4.69) is 20.3 Å². The van der Waals surface area contributed by atoms with E-state index in [1.165, 1.54) is 32.1 Å². The molecule has 0 amide bonds. The maximum atomic E-state index is 5.92. The standard InChI is InChI=1S/C14H23ClN4O/c1-2-10-20-14-18-12(15)17-13(19-14)16-11-8-6-4-3-5-7-9-11/h11H,2-10H2,1H3,(H,16,17,18,19). The van der Waals surface area contributed by atoms with Crippen molar-refractivity contribution in [3.8, 4) is 6.01 Å². The van der Waals surface area contributed by atoms with E-state index >= 15 is 0 Å². The summed E-state index contributed by atoms with van der Waals surface area (Å²) in [6, 6.07) is 0.730. The van der Waals surface area contributed by atoms with E-state index in [1.807, 2.05) is 6.92 Å². The van der Waals surface area contributed by atoms with E-state index < -0.39 is 0 Å². The smallest absolute Gasteiger partial charge is 0.322 e. The Balaban J connectivity index is 1.97. The highest BCUT2D eigenvalue weighted by atomic mass is 35.5. The molecular weight excluding hydrogens is 276 g/mol. The van der Waals surface area contributed by atoms with Crippen LogP contribution in [0.25, 0.3) is 0 Å². The molecule has 0 radical (unpaired) electrons. The van der Waals surface area contributed by atoms with Gasteiger partial charge in [0, 0.05) is 6.04 Å². The molecule has 1 saturated carbocycles. The zero-order valence-electron chi connectivity index (χ0n) is 12.1. The third-order valence-electron chi connectivity index (χ3n) is 3.46. The van der Waals surface area contributed by atoms with E-state index in [-0.39, 0.29) is 5.28 Å². The summed E-state index contributed by atoms with van der Waals surface area (Å²) in [6.45, 7) is 2.62. The summed E-state index contributed by atoms with van der Waals surface area (Å²) in [4.78, 5) is 12.4. The van der Waals surface area contributed by atoms with Gasteiger partial charge in [-0.05, 0) is 30.9 Å². The molecule has 1 heterocycles.